The zero-order valence-electron chi connectivity index (χ0n) is 7.26. The van der Waals surface area contributed by atoms with Crippen LogP contribution in [-0.2, 0) is 9.59 Å². The van der Waals surface area contributed by atoms with E-state index in [1.807, 2.05) is 0 Å². The molecule has 0 aliphatic rings. The lowest BCUT2D eigenvalue weighted by Crippen LogP contribution is -2.03. The molecule has 3 nitrogen and oxygen atoms in total. The van der Waals surface area contributed by atoms with Crippen LogP contribution in [0.5, 0.6) is 0 Å². The molecule has 0 atom stereocenters. The van der Waals surface area contributed by atoms with Crippen molar-refractivity contribution in [3.8, 4) is 0 Å². The minimum Gasteiger partial charge on any atom is -0.478 e. The Kier molecular flexibility index (Phi) is 3.97. The Morgan fingerprint density at radius 1 is 1.50 bits per heavy atom. The van der Waals surface area contributed by atoms with Crippen molar-refractivity contribution in [2.24, 2.45) is 0 Å². The highest BCUT2D eigenvalue weighted by Crippen LogP contribution is 2.03. The van der Waals surface area contributed by atoms with Gasteiger partial charge in [-0.1, -0.05) is 13.5 Å². The van der Waals surface area contributed by atoms with Gasteiger partial charge in [0.05, 0.1) is 0 Å². The molecule has 0 saturated carbocycles. The summed E-state index contributed by atoms with van der Waals surface area (Å²) >= 11 is 0. The Hall–Kier alpha value is -1.38. The highest BCUT2D eigenvalue weighted by Gasteiger charge is 2.07. The van der Waals surface area contributed by atoms with Crippen LogP contribution in [0.3, 0.4) is 0 Å². The van der Waals surface area contributed by atoms with Gasteiger partial charge >= 0.3 is 5.97 Å². The van der Waals surface area contributed by atoms with Crippen molar-refractivity contribution in [1.82, 2.24) is 0 Å². The van der Waals surface area contributed by atoms with Gasteiger partial charge in [0.1, 0.15) is 0 Å². The fraction of sp³-hybridized carbons (Fsp3) is 0.333. The number of allylic oxidation sites excluding steroid dienone is 2. The summed E-state index contributed by atoms with van der Waals surface area (Å²) in [6, 6.07) is 0. The van der Waals surface area contributed by atoms with E-state index in [4.69, 9.17) is 5.11 Å². The summed E-state index contributed by atoms with van der Waals surface area (Å²) in [4.78, 5) is 21.4. The molecular formula is C9H12O3. The van der Waals surface area contributed by atoms with Crippen molar-refractivity contribution in [1.29, 1.82) is 0 Å². The lowest BCUT2D eigenvalue weighted by Gasteiger charge is -1.96. The van der Waals surface area contributed by atoms with Crippen LogP contribution in [0.1, 0.15) is 20.3 Å². The van der Waals surface area contributed by atoms with Gasteiger partial charge in [-0.3, -0.25) is 4.79 Å². The Balaban J connectivity index is 4.61. The molecule has 0 radical (unpaired) electrons. The summed E-state index contributed by atoms with van der Waals surface area (Å²) in [6.07, 6.45) is 1.46. The first-order valence-corrected chi connectivity index (χ1v) is 3.62. The normalized spacial score (nSPS) is 11.0. The van der Waals surface area contributed by atoms with E-state index in [9.17, 15) is 9.59 Å². The number of ketones is 1. The van der Waals surface area contributed by atoms with Crippen LogP contribution in [0.2, 0.25) is 0 Å². The monoisotopic (exact) mass is 168 g/mol. The van der Waals surface area contributed by atoms with Crippen LogP contribution in [0.15, 0.2) is 23.8 Å². The van der Waals surface area contributed by atoms with E-state index in [2.05, 4.69) is 6.58 Å². The maximum Gasteiger partial charge on any atom is 0.331 e. The summed E-state index contributed by atoms with van der Waals surface area (Å²) in [5.74, 6) is -1.37. The average Bonchev–Trinajstić information content (AvgIpc) is 1.98. The predicted molar refractivity (Wildman–Crippen MR) is 45.8 cm³/mol. The van der Waals surface area contributed by atoms with Gasteiger partial charge in [-0.15, -0.1) is 0 Å². The van der Waals surface area contributed by atoms with Crippen LogP contribution < -0.4 is 0 Å². The summed E-state index contributed by atoms with van der Waals surface area (Å²) in [5.41, 5.74) is 0.463. The van der Waals surface area contributed by atoms with E-state index in [-0.39, 0.29) is 11.4 Å². The first-order chi connectivity index (χ1) is 5.49. The summed E-state index contributed by atoms with van der Waals surface area (Å²) in [7, 11) is 0. The number of carbonyl (C=O) groups is 2. The smallest absolute Gasteiger partial charge is 0.331 e. The molecular weight excluding hydrogens is 156 g/mol. The Morgan fingerprint density at radius 3 is 2.25 bits per heavy atom. The Labute approximate surface area is 71.4 Å². The number of hydrogen-bond donors (Lipinski definition) is 1. The maximum atomic E-state index is 11.0. The van der Waals surface area contributed by atoms with Crippen LogP contribution in [0, 0.1) is 0 Å². The number of carbonyl (C=O) groups excluding carboxylic acids is 1. The molecule has 0 aromatic heterocycles. The number of rotatable bonds is 4. The highest BCUT2D eigenvalue weighted by molar-refractivity contribution is 6.07. The molecule has 0 amide bonds. The van der Waals surface area contributed by atoms with Gasteiger partial charge in [-0.25, -0.2) is 4.79 Å². The predicted octanol–water partition coefficient (Wildman–Crippen LogP) is 1.55. The van der Waals surface area contributed by atoms with E-state index >= 15 is 0 Å². The number of carboxylic acids is 1. The first-order valence-electron chi connectivity index (χ1n) is 3.62. The van der Waals surface area contributed by atoms with Gasteiger partial charge in [0.2, 0.25) is 0 Å². The topological polar surface area (TPSA) is 54.4 Å². The number of hydrogen-bond acceptors (Lipinski definition) is 2. The molecule has 3 heteroatoms. The summed E-state index contributed by atoms with van der Waals surface area (Å²) < 4.78 is 0. The van der Waals surface area contributed by atoms with Crippen molar-refractivity contribution in [3.63, 3.8) is 0 Å². The molecule has 12 heavy (non-hydrogen) atoms. The van der Waals surface area contributed by atoms with Crippen molar-refractivity contribution in [2.75, 3.05) is 0 Å². The van der Waals surface area contributed by atoms with Gasteiger partial charge < -0.3 is 5.11 Å². The zero-order chi connectivity index (χ0) is 9.72. The minimum absolute atomic E-state index is 0.114. The molecule has 0 bridgehead atoms. The second-order valence-electron chi connectivity index (χ2n) is 2.47. The molecule has 66 valence electrons. The Morgan fingerprint density at radius 2 is 2.00 bits per heavy atom. The second kappa shape index (κ2) is 4.49. The van der Waals surface area contributed by atoms with Crippen LogP contribution >= 0.6 is 0 Å². The van der Waals surface area contributed by atoms with Crippen molar-refractivity contribution >= 4 is 11.8 Å². The highest BCUT2D eigenvalue weighted by atomic mass is 16.4. The van der Waals surface area contributed by atoms with E-state index in [0.717, 1.165) is 6.08 Å². The summed E-state index contributed by atoms with van der Waals surface area (Å²) in [6.45, 7) is 6.65. The SMILES string of the molecule is C=C(C)C(=O)C=C(CC)C(=O)O. The molecule has 1 N–H and O–H groups in total. The van der Waals surface area contributed by atoms with Crippen molar-refractivity contribution in [2.45, 2.75) is 20.3 Å². The zero-order valence-corrected chi connectivity index (χ0v) is 7.26. The fourth-order valence-corrected chi connectivity index (χ4v) is 0.596. The first kappa shape index (κ1) is 10.6. The average molecular weight is 168 g/mol. The van der Waals surface area contributed by atoms with Crippen LogP contribution in [-0.4, -0.2) is 16.9 Å². The van der Waals surface area contributed by atoms with Gasteiger partial charge in [0.15, 0.2) is 5.78 Å². The third kappa shape index (κ3) is 3.14. The standard InChI is InChI=1S/C9H12O3/c1-4-7(9(11)12)5-8(10)6(2)3/h5H,2,4H2,1,3H3,(H,11,12). The number of carboxylic acid groups (broad SMARTS) is 1. The molecule has 0 aromatic rings. The fourth-order valence-electron chi connectivity index (χ4n) is 0.596. The molecule has 0 aromatic carbocycles. The van der Waals surface area contributed by atoms with E-state index < -0.39 is 5.97 Å². The van der Waals surface area contributed by atoms with Crippen LogP contribution in [0.4, 0.5) is 0 Å². The quantitative estimate of drug-likeness (QED) is 0.648. The van der Waals surface area contributed by atoms with E-state index in [0.29, 0.717) is 12.0 Å². The molecule has 0 rings (SSSR count). The number of aliphatic carboxylic acids is 1. The summed E-state index contributed by atoms with van der Waals surface area (Å²) in [5, 5.41) is 8.55. The molecule has 0 spiro atoms. The van der Waals surface area contributed by atoms with Gasteiger partial charge in [0.25, 0.3) is 0 Å². The third-order valence-electron chi connectivity index (χ3n) is 1.38. The van der Waals surface area contributed by atoms with Gasteiger partial charge in [-0.2, -0.15) is 0 Å². The largest absolute Gasteiger partial charge is 0.478 e. The van der Waals surface area contributed by atoms with Crippen LogP contribution in [0.25, 0.3) is 0 Å². The molecule has 0 unspecified atom stereocenters. The van der Waals surface area contributed by atoms with Crippen molar-refractivity contribution < 1.29 is 14.7 Å². The van der Waals surface area contributed by atoms with E-state index in [1.54, 1.807) is 13.8 Å². The Bertz CT molecular complexity index is 248. The molecule has 0 fully saturated rings. The molecule has 0 heterocycles. The molecule has 0 aliphatic heterocycles. The lowest BCUT2D eigenvalue weighted by molar-refractivity contribution is -0.133. The van der Waals surface area contributed by atoms with Gasteiger partial charge in [-0.05, 0) is 25.0 Å². The maximum absolute atomic E-state index is 11.0. The lowest BCUT2D eigenvalue weighted by atomic mass is 10.1. The molecule has 0 aliphatic carbocycles. The second-order valence-corrected chi connectivity index (χ2v) is 2.47. The molecule has 0 saturated heterocycles. The van der Waals surface area contributed by atoms with Crippen molar-refractivity contribution in [3.05, 3.63) is 23.8 Å². The third-order valence-corrected chi connectivity index (χ3v) is 1.38. The van der Waals surface area contributed by atoms with Gasteiger partial charge in [0, 0.05) is 5.57 Å². The minimum atomic E-state index is -1.05. The van der Waals surface area contributed by atoms with E-state index in [1.165, 1.54) is 0 Å².